The summed E-state index contributed by atoms with van der Waals surface area (Å²) in [6.45, 7) is 23.6. The molecule has 0 N–H and O–H groups in total. The smallest absolute Gasteiger partial charge is 0.216 e. The van der Waals surface area contributed by atoms with Crippen molar-refractivity contribution >= 4 is 51.8 Å². The summed E-state index contributed by atoms with van der Waals surface area (Å²) < 4.78 is 8.97. The van der Waals surface area contributed by atoms with Gasteiger partial charge in [0.15, 0.2) is 5.69 Å². The van der Waals surface area contributed by atoms with Gasteiger partial charge in [-0.3, -0.25) is 0 Å². The lowest BCUT2D eigenvalue weighted by molar-refractivity contribution is -0.633. The Morgan fingerprint density at radius 2 is 1.60 bits per heavy atom. The highest BCUT2D eigenvalue weighted by Gasteiger charge is 2.34. The van der Waals surface area contributed by atoms with E-state index in [1.807, 2.05) is 19.1 Å². The number of rotatable bonds is 3. The van der Waals surface area contributed by atoms with Crippen LogP contribution < -0.4 is 9.75 Å². The number of fused-ring (bicyclic) bond motifs is 4. The van der Waals surface area contributed by atoms with Gasteiger partial charge < -0.3 is 4.42 Å². The second-order valence-electron chi connectivity index (χ2n) is 10.8. The predicted octanol–water partition coefficient (Wildman–Crippen LogP) is 8.03. The second kappa shape index (κ2) is 8.07. The van der Waals surface area contributed by atoms with E-state index in [1.54, 1.807) is 0 Å². The Kier molecular flexibility index (Phi) is 5.38. The number of aryl methyl sites for hydroxylation is 3. The van der Waals surface area contributed by atoms with Crippen LogP contribution in [-0.2, 0) is 7.05 Å². The van der Waals surface area contributed by atoms with E-state index in [1.165, 1.54) is 32.9 Å². The third kappa shape index (κ3) is 3.33. The first-order valence-electron chi connectivity index (χ1n) is 12.3. The van der Waals surface area contributed by atoms with Crippen molar-refractivity contribution in [3.8, 4) is 11.3 Å². The SMILES string of the molecule is [C-]#[N+]c1ccc2c(oc3c(-c4cc([Si](C)(C)C(C)C)c5ccccc5[n+]4C)c(C)c(C)cc32)c1C. The molecule has 0 aliphatic rings. The largest absolute Gasteiger partial charge is 0.456 e. The first kappa shape index (κ1) is 23.3. The molecule has 2 heterocycles. The van der Waals surface area contributed by atoms with Gasteiger partial charge in [-0.15, -0.1) is 0 Å². The molecule has 2 aromatic heterocycles. The molecular formula is C31H33N2OSi+. The van der Waals surface area contributed by atoms with Crippen LogP contribution in [0, 0.1) is 27.3 Å². The Balaban J connectivity index is 1.97. The molecule has 5 rings (SSSR count). The summed E-state index contributed by atoms with van der Waals surface area (Å²) in [4.78, 5) is 3.70. The quantitative estimate of drug-likeness (QED) is 0.146. The van der Waals surface area contributed by atoms with E-state index in [0.717, 1.165) is 33.1 Å². The number of aromatic nitrogens is 1. The molecule has 4 heteroatoms. The van der Waals surface area contributed by atoms with Crippen LogP contribution in [0.4, 0.5) is 5.69 Å². The van der Waals surface area contributed by atoms with Gasteiger partial charge in [-0.1, -0.05) is 51.2 Å². The Labute approximate surface area is 208 Å². The fourth-order valence-corrected chi connectivity index (χ4v) is 7.31. The highest BCUT2D eigenvalue weighted by Crippen LogP contribution is 2.41. The minimum absolute atomic E-state index is 0.617. The number of pyridine rings is 1. The van der Waals surface area contributed by atoms with Crippen LogP contribution in [0.2, 0.25) is 18.6 Å². The molecule has 0 spiro atoms. The average Bonchev–Trinajstić information content (AvgIpc) is 3.19. The zero-order valence-electron chi connectivity index (χ0n) is 22.0. The van der Waals surface area contributed by atoms with Crippen molar-refractivity contribution in [1.29, 1.82) is 0 Å². The maximum atomic E-state index is 7.54. The number of hydrogen-bond donors (Lipinski definition) is 0. The highest BCUT2D eigenvalue weighted by molar-refractivity contribution is 6.92. The van der Waals surface area contributed by atoms with E-state index in [-0.39, 0.29) is 0 Å². The molecule has 0 radical (unpaired) electrons. The lowest BCUT2D eigenvalue weighted by Gasteiger charge is -2.28. The Hall–Kier alpha value is -3.42. The Morgan fingerprint density at radius 1 is 0.886 bits per heavy atom. The summed E-state index contributed by atoms with van der Waals surface area (Å²) >= 11 is 0. The van der Waals surface area contributed by atoms with Crippen LogP contribution in [-0.4, -0.2) is 8.07 Å². The molecule has 0 saturated carbocycles. The van der Waals surface area contributed by atoms with Gasteiger partial charge in [0.2, 0.25) is 11.2 Å². The maximum absolute atomic E-state index is 7.54. The molecule has 0 saturated heterocycles. The summed E-state index contributed by atoms with van der Waals surface area (Å²) in [5.41, 5.74) is 9.98. The molecule has 3 aromatic carbocycles. The standard InChI is InChI=1S/C31H33N2OSi/c1-18(2)35(8,9)28-17-27(33(7)26-13-11-10-12-23(26)28)29-20(4)19(3)16-24-22-14-15-25(32-6)21(5)30(22)34-31(24)29/h10-18H,1-5,7-9H3/q+1. The van der Waals surface area contributed by atoms with Gasteiger partial charge in [-0.2, -0.15) is 4.57 Å². The van der Waals surface area contributed by atoms with Gasteiger partial charge in [0.1, 0.15) is 18.2 Å². The van der Waals surface area contributed by atoms with E-state index in [9.17, 15) is 0 Å². The fraction of sp³-hybridized carbons (Fsp3) is 0.290. The average molecular weight is 478 g/mol. The Bertz CT molecular complexity index is 1700. The summed E-state index contributed by atoms with van der Waals surface area (Å²) in [5.74, 6) is 0. The third-order valence-corrected chi connectivity index (χ3v) is 13.1. The van der Waals surface area contributed by atoms with Gasteiger partial charge in [0.05, 0.1) is 20.2 Å². The van der Waals surface area contributed by atoms with E-state index in [4.69, 9.17) is 11.0 Å². The summed E-state index contributed by atoms with van der Waals surface area (Å²) in [7, 11) is 0.433. The molecule has 3 nitrogen and oxygen atoms in total. The summed E-state index contributed by atoms with van der Waals surface area (Å²) in [6.07, 6.45) is 0. The fourth-order valence-electron chi connectivity index (χ4n) is 5.27. The normalized spacial score (nSPS) is 12.2. The number of benzene rings is 3. The van der Waals surface area contributed by atoms with E-state index >= 15 is 0 Å². The molecule has 0 atom stereocenters. The zero-order valence-corrected chi connectivity index (χ0v) is 23.0. The molecule has 0 unspecified atom stereocenters. The molecule has 5 aromatic rings. The molecule has 0 bridgehead atoms. The van der Waals surface area contributed by atoms with Gasteiger partial charge in [0.25, 0.3) is 0 Å². The van der Waals surface area contributed by atoms with Gasteiger partial charge in [-0.25, -0.2) is 4.85 Å². The topological polar surface area (TPSA) is 21.4 Å². The van der Waals surface area contributed by atoms with Crippen molar-refractivity contribution in [2.45, 2.75) is 53.3 Å². The third-order valence-electron chi connectivity index (χ3n) is 8.38. The first-order valence-corrected chi connectivity index (χ1v) is 15.4. The first-order chi connectivity index (χ1) is 16.6. The van der Waals surface area contributed by atoms with Crippen LogP contribution in [0.1, 0.15) is 30.5 Å². The lowest BCUT2D eigenvalue weighted by atomic mass is 9.95. The van der Waals surface area contributed by atoms with Crippen LogP contribution in [0.25, 0.3) is 48.9 Å². The lowest BCUT2D eigenvalue weighted by Crippen LogP contribution is -2.47. The second-order valence-corrected chi connectivity index (χ2v) is 15.9. The van der Waals surface area contributed by atoms with Crippen molar-refractivity contribution in [3.05, 3.63) is 76.6 Å². The van der Waals surface area contributed by atoms with Crippen LogP contribution >= 0.6 is 0 Å². The number of furan rings is 1. The molecule has 35 heavy (non-hydrogen) atoms. The van der Waals surface area contributed by atoms with Crippen molar-refractivity contribution in [1.82, 2.24) is 0 Å². The van der Waals surface area contributed by atoms with Crippen LogP contribution in [0.3, 0.4) is 0 Å². The highest BCUT2D eigenvalue weighted by atomic mass is 28.3. The Morgan fingerprint density at radius 3 is 2.29 bits per heavy atom. The molecular weight excluding hydrogens is 444 g/mol. The van der Waals surface area contributed by atoms with E-state index < -0.39 is 8.07 Å². The number of hydrogen-bond acceptors (Lipinski definition) is 1. The van der Waals surface area contributed by atoms with Gasteiger partial charge in [-0.05, 0) is 60.3 Å². The summed E-state index contributed by atoms with van der Waals surface area (Å²) in [5, 5.41) is 5.04. The van der Waals surface area contributed by atoms with Crippen molar-refractivity contribution in [3.63, 3.8) is 0 Å². The van der Waals surface area contributed by atoms with Gasteiger partial charge in [0, 0.05) is 28.3 Å². The monoisotopic (exact) mass is 477 g/mol. The minimum Gasteiger partial charge on any atom is -0.456 e. The zero-order chi connectivity index (χ0) is 25.2. The molecule has 0 aliphatic carbocycles. The van der Waals surface area contributed by atoms with E-state index in [2.05, 4.69) is 93.6 Å². The molecule has 0 fully saturated rings. The van der Waals surface area contributed by atoms with Crippen LogP contribution in [0.15, 0.2) is 52.9 Å². The van der Waals surface area contributed by atoms with Crippen LogP contribution in [0.5, 0.6) is 0 Å². The number of nitrogens with zero attached hydrogens (tertiary/aromatic N) is 2. The minimum atomic E-state index is -1.74. The van der Waals surface area contributed by atoms with Gasteiger partial charge >= 0.3 is 0 Å². The summed E-state index contributed by atoms with van der Waals surface area (Å²) in [6, 6.07) is 17.4. The van der Waals surface area contributed by atoms with Crippen molar-refractivity contribution < 1.29 is 8.98 Å². The molecule has 176 valence electrons. The van der Waals surface area contributed by atoms with Crippen molar-refractivity contribution in [2.75, 3.05) is 0 Å². The molecule has 0 amide bonds. The number of para-hydroxylation sites is 1. The maximum Gasteiger partial charge on any atom is 0.216 e. The van der Waals surface area contributed by atoms with Crippen molar-refractivity contribution in [2.24, 2.45) is 7.05 Å². The van der Waals surface area contributed by atoms with E-state index in [0.29, 0.717) is 11.2 Å². The molecule has 0 aliphatic heterocycles. The predicted molar refractivity (Wildman–Crippen MR) is 151 cm³/mol.